The topological polar surface area (TPSA) is 79.3 Å². The number of aliphatic hydroxyl groups is 1. The van der Waals surface area contributed by atoms with Crippen LogP contribution in [0.4, 0.5) is 11.4 Å². The number of anilines is 2. The Kier molecular flexibility index (Phi) is 7.74. The molecule has 1 saturated heterocycles. The number of hydrogen-bond acceptors (Lipinski definition) is 6. The third-order valence-electron chi connectivity index (χ3n) is 6.56. The lowest BCUT2D eigenvalue weighted by molar-refractivity contribution is -0.132. The van der Waals surface area contributed by atoms with Crippen molar-refractivity contribution in [2.45, 2.75) is 19.9 Å². The summed E-state index contributed by atoms with van der Waals surface area (Å²) in [5.41, 5.74) is 2.50. The molecule has 8 heteroatoms. The lowest BCUT2D eigenvalue weighted by Crippen LogP contribution is -2.29. The van der Waals surface area contributed by atoms with E-state index in [1.54, 1.807) is 43.5 Å². The largest absolute Gasteiger partial charge is 0.507 e. The highest BCUT2D eigenvalue weighted by atomic mass is 35.5. The van der Waals surface area contributed by atoms with Gasteiger partial charge in [-0.25, -0.2) is 0 Å². The van der Waals surface area contributed by atoms with Crippen molar-refractivity contribution in [1.29, 1.82) is 0 Å². The highest BCUT2D eigenvalue weighted by molar-refractivity contribution is 6.51. The van der Waals surface area contributed by atoms with Crippen LogP contribution in [0.1, 0.15) is 31.0 Å². The van der Waals surface area contributed by atoms with Crippen LogP contribution >= 0.6 is 11.6 Å². The van der Waals surface area contributed by atoms with Gasteiger partial charge in [-0.05, 0) is 74.0 Å². The summed E-state index contributed by atoms with van der Waals surface area (Å²) in [6.45, 7) is 5.84. The van der Waals surface area contributed by atoms with Crippen molar-refractivity contribution in [2.24, 2.45) is 0 Å². The van der Waals surface area contributed by atoms with Gasteiger partial charge in [0.15, 0.2) is 0 Å². The van der Waals surface area contributed by atoms with Gasteiger partial charge in [0.2, 0.25) is 0 Å². The smallest absolute Gasteiger partial charge is 0.300 e. The maximum absolute atomic E-state index is 13.4. The first kappa shape index (κ1) is 26.1. The van der Waals surface area contributed by atoms with Crippen LogP contribution in [0.3, 0.4) is 0 Å². The van der Waals surface area contributed by atoms with Crippen LogP contribution in [-0.2, 0) is 9.59 Å². The molecule has 3 aromatic carbocycles. The van der Waals surface area contributed by atoms with E-state index in [4.69, 9.17) is 21.1 Å². The number of carbonyl (C=O) groups excluding carboxylic acids is 2. The van der Waals surface area contributed by atoms with E-state index in [-0.39, 0.29) is 11.3 Å². The molecule has 1 N–H and O–H groups in total. The van der Waals surface area contributed by atoms with Gasteiger partial charge in [0.1, 0.15) is 17.3 Å². The average Bonchev–Trinajstić information content (AvgIpc) is 3.19. The molecule has 0 aromatic heterocycles. The maximum Gasteiger partial charge on any atom is 0.300 e. The van der Waals surface area contributed by atoms with Gasteiger partial charge >= 0.3 is 0 Å². The quantitative estimate of drug-likeness (QED) is 0.229. The molecule has 0 saturated carbocycles. The summed E-state index contributed by atoms with van der Waals surface area (Å²) in [5.74, 6) is -0.838. The van der Waals surface area contributed by atoms with Crippen molar-refractivity contribution in [3.63, 3.8) is 0 Å². The van der Waals surface area contributed by atoms with Gasteiger partial charge in [-0.3, -0.25) is 14.5 Å². The van der Waals surface area contributed by atoms with Gasteiger partial charge in [-0.2, -0.15) is 0 Å². The number of ketones is 1. The molecule has 0 radical (unpaired) electrons. The summed E-state index contributed by atoms with van der Waals surface area (Å²) in [7, 11) is 3.02. The highest BCUT2D eigenvalue weighted by Crippen LogP contribution is 2.43. The van der Waals surface area contributed by atoms with Gasteiger partial charge in [0.05, 0.1) is 30.9 Å². The van der Waals surface area contributed by atoms with Crippen molar-refractivity contribution < 1.29 is 24.2 Å². The molecule has 3 aromatic rings. The molecular weight excluding hydrogens is 492 g/mol. The molecule has 7 nitrogen and oxygen atoms in total. The number of Topliss-reactive ketones (excluding diaryl/α,β-unsaturated/α-hetero) is 1. The fraction of sp³-hybridized carbons (Fsp3) is 0.241. The Morgan fingerprint density at radius 1 is 0.946 bits per heavy atom. The zero-order valence-corrected chi connectivity index (χ0v) is 22.0. The summed E-state index contributed by atoms with van der Waals surface area (Å²) in [6.07, 6.45) is 0. The van der Waals surface area contributed by atoms with E-state index >= 15 is 0 Å². The van der Waals surface area contributed by atoms with E-state index in [2.05, 4.69) is 18.7 Å². The lowest BCUT2D eigenvalue weighted by atomic mass is 9.95. The van der Waals surface area contributed by atoms with Crippen molar-refractivity contribution in [3.05, 3.63) is 88.5 Å². The number of rotatable bonds is 8. The molecule has 1 amide bonds. The van der Waals surface area contributed by atoms with Crippen LogP contribution in [0.2, 0.25) is 5.02 Å². The number of ether oxygens (including phenoxy) is 2. The predicted molar refractivity (Wildman–Crippen MR) is 146 cm³/mol. The number of methoxy groups -OCH3 is 2. The molecule has 1 aliphatic heterocycles. The zero-order valence-electron chi connectivity index (χ0n) is 21.2. The van der Waals surface area contributed by atoms with Crippen molar-refractivity contribution in [2.75, 3.05) is 37.1 Å². The molecule has 1 aliphatic rings. The van der Waals surface area contributed by atoms with E-state index in [0.717, 1.165) is 18.8 Å². The summed E-state index contributed by atoms with van der Waals surface area (Å²) < 4.78 is 10.6. The van der Waals surface area contributed by atoms with Gasteiger partial charge in [-0.15, -0.1) is 0 Å². The summed E-state index contributed by atoms with van der Waals surface area (Å²) >= 11 is 6.16. The maximum atomic E-state index is 13.4. The second-order valence-electron chi connectivity index (χ2n) is 8.48. The normalized spacial score (nSPS) is 16.7. The standard InChI is InChI=1S/C29H29ClN2O5/c1-5-31(6-2)20-10-12-21(13-11-20)32-26(18-7-14-22(36-3)15-8-18)25(28(34)29(32)35)27(33)19-9-16-23(30)24(17-19)37-4/h7-17,26,33H,5-6H2,1-4H3/b27-25-. The molecule has 0 bridgehead atoms. The fourth-order valence-electron chi connectivity index (χ4n) is 4.58. The first-order valence-electron chi connectivity index (χ1n) is 12.0. The van der Waals surface area contributed by atoms with Crippen LogP contribution in [0.25, 0.3) is 5.76 Å². The number of carbonyl (C=O) groups is 2. The minimum atomic E-state index is -0.855. The number of halogens is 1. The Balaban J connectivity index is 1.88. The minimum Gasteiger partial charge on any atom is -0.507 e. The average molecular weight is 521 g/mol. The summed E-state index contributed by atoms with van der Waals surface area (Å²) in [4.78, 5) is 30.4. The lowest BCUT2D eigenvalue weighted by Gasteiger charge is -2.27. The molecule has 37 heavy (non-hydrogen) atoms. The van der Waals surface area contributed by atoms with Crippen molar-refractivity contribution in [1.82, 2.24) is 0 Å². The van der Waals surface area contributed by atoms with Crippen molar-refractivity contribution in [3.8, 4) is 11.5 Å². The number of aliphatic hydroxyl groups excluding tert-OH is 1. The third-order valence-corrected chi connectivity index (χ3v) is 6.87. The molecule has 1 heterocycles. The number of nitrogens with zero attached hydrogens (tertiary/aromatic N) is 2. The van der Waals surface area contributed by atoms with Gasteiger partial charge < -0.3 is 19.5 Å². The fourth-order valence-corrected chi connectivity index (χ4v) is 4.77. The van der Waals surface area contributed by atoms with E-state index in [9.17, 15) is 14.7 Å². The van der Waals surface area contributed by atoms with E-state index < -0.39 is 17.7 Å². The Labute approximate surface area is 221 Å². The Hall–Kier alpha value is -3.97. The van der Waals surface area contributed by atoms with Crippen LogP contribution in [-0.4, -0.2) is 44.1 Å². The van der Waals surface area contributed by atoms with Gasteiger partial charge in [0, 0.05) is 30.0 Å². The second-order valence-corrected chi connectivity index (χ2v) is 8.89. The number of hydrogen-bond donors (Lipinski definition) is 1. The van der Waals surface area contributed by atoms with Gasteiger partial charge in [-0.1, -0.05) is 23.7 Å². The Bertz CT molecular complexity index is 1330. The number of benzene rings is 3. The molecular formula is C29H29ClN2O5. The van der Waals surface area contributed by atoms with Crippen LogP contribution < -0.4 is 19.3 Å². The molecule has 0 aliphatic carbocycles. The Morgan fingerprint density at radius 2 is 1.59 bits per heavy atom. The number of amides is 1. The molecule has 0 spiro atoms. The Morgan fingerprint density at radius 3 is 2.16 bits per heavy atom. The molecule has 1 atom stereocenters. The van der Waals surface area contributed by atoms with E-state index in [1.165, 1.54) is 18.1 Å². The first-order chi connectivity index (χ1) is 17.8. The minimum absolute atomic E-state index is 0.0210. The van der Waals surface area contributed by atoms with Gasteiger partial charge in [0.25, 0.3) is 11.7 Å². The van der Waals surface area contributed by atoms with Crippen molar-refractivity contribution >= 4 is 40.4 Å². The predicted octanol–water partition coefficient (Wildman–Crippen LogP) is 5.83. The van der Waals surface area contributed by atoms with Crippen LogP contribution in [0.5, 0.6) is 11.5 Å². The third kappa shape index (κ3) is 4.87. The van der Waals surface area contributed by atoms with Crippen LogP contribution in [0.15, 0.2) is 72.3 Å². The molecule has 1 fully saturated rings. The SMILES string of the molecule is CCN(CC)c1ccc(N2C(=O)C(=O)/C(=C(\O)c3ccc(Cl)c(OC)c3)C2c2ccc(OC)cc2)cc1. The van der Waals surface area contributed by atoms with E-state index in [0.29, 0.717) is 33.3 Å². The molecule has 4 rings (SSSR count). The second kappa shape index (κ2) is 11.0. The summed E-state index contributed by atoms with van der Waals surface area (Å²) in [5, 5.41) is 11.7. The van der Waals surface area contributed by atoms with E-state index in [1.807, 2.05) is 24.3 Å². The molecule has 1 unspecified atom stereocenters. The zero-order chi connectivity index (χ0) is 26.7. The highest BCUT2D eigenvalue weighted by Gasteiger charge is 2.47. The first-order valence-corrected chi connectivity index (χ1v) is 12.4. The summed E-state index contributed by atoms with van der Waals surface area (Å²) in [6, 6.07) is 18.4. The monoisotopic (exact) mass is 520 g/mol. The molecule has 192 valence electrons. The van der Waals surface area contributed by atoms with Crippen LogP contribution in [0, 0.1) is 0 Å².